The normalized spacial score (nSPS) is 34.0. The van der Waals surface area contributed by atoms with Crippen LogP contribution in [0.1, 0.15) is 27.2 Å². The lowest BCUT2D eigenvalue weighted by molar-refractivity contribution is 0.509. The summed E-state index contributed by atoms with van der Waals surface area (Å²) in [6, 6.07) is 0. The van der Waals surface area contributed by atoms with E-state index in [1.54, 1.807) is 0 Å². The van der Waals surface area contributed by atoms with Crippen LogP contribution in [0.25, 0.3) is 0 Å². The van der Waals surface area contributed by atoms with E-state index < -0.39 is 0 Å². The van der Waals surface area contributed by atoms with Crippen molar-refractivity contribution < 1.29 is 0 Å². The summed E-state index contributed by atoms with van der Waals surface area (Å²) in [5.74, 6) is 0. The van der Waals surface area contributed by atoms with Gasteiger partial charge in [-0.2, -0.15) is 0 Å². The minimum absolute atomic E-state index is 0.0662. The minimum Gasteiger partial charge on any atom is -0.275 e. The van der Waals surface area contributed by atoms with Crippen LogP contribution in [0.3, 0.4) is 0 Å². The van der Waals surface area contributed by atoms with Gasteiger partial charge in [-0.15, -0.1) is 11.6 Å². The van der Waals surface area contributed by atoms with Crippen LogP contribution in [0.4, 0.5) is 0 Å². The molecule has 0 spiro atoms. The van der Waals surface area contributed by atoms with Crippen LogP contribution in [-0.2, 0) is 0 Å². The van der Waals surface area contributed by atoms with Crippen molar-refractivity contribution in [2.75, 3.05) is 0 Å². The number of nitrogens with zero attached hydrogens (tertiary/aromatic N) is 1. The van der Waals surface area contributed by atoms with Gasteiger partial charge < -0.3 is 0 Å². The van der Waals surface area contributed by atoms with E-state index in [1.807, 2.05) is 19.1 Å². The highest BCUT2D eigenvalue weighted by atomic mass is 35.5. The highest BCUT2D eigenvalue weighted by Gasteiger charge is 2.29. The Hall–Kier alpha value is -0.690. The van der Waals surface area contributed by atoms with E-state index in [0.29, 0.717) is 0 Å². The number of alkyl halides is 1. The van der Waals surface area contributed by atoms with Gasteiger partial charge in [0.05, 0.1) is 16.1 Å². The smallest absolute Gasteiger partial charge is 0.0741 e. The summed E-state index contributed by atoms with van der Waals surface area (Å²) in [7, 11) is 0. The van der Waals surface area contributed by atoms with Gasteiger partial charge in [-0.1, -0.05) is 18.2 Å². The van der Waals surface area contributed by atoms with Gasteiger partial charge >= 0.3 is 0 Å². The molecule has 0 saturated carbocycles. The van der Waals surface area contributed by atoms with Crippen molar-refractivity contribution in [1.29, 1.82) is 0 Å². The summed E-state index contributed by atoms with van der Waals surface area (Å²) in [4.78, 5) is -0.236. The van der Waals surface area contributed by atoms with E-state index in [-0.39, 0.29) is 10.4 Å². The molecule has 1 atom stereocenters. The molecule has 2 heteroatoms. The first-order valence-electron chi connectivity index (χ1n) is 4.91. The first-order chi connectivity index (χ1) is 6.38. The predicted molar refractivity (Wildman–Crippen MR) is 60.4 cm³/mol. The van der Waals surface area contributed by atoms with Crippen LogP contribution in [0, 0.1) is 0 Å². The zero-order valence-electron chi connectivity index (χ0n) is 8.84. The molecule has 1 nitrogen and oxygen atoms in total. The summed E-state index contributed by atoms with van der Waals surface area (Å²) >= 11 is 6.27. The van der Waals surface area contributed by atoms with Gasteiger partial charge in [0.2, 0.25) is 0 Å². The Bertz CT molecular complexity index is 311. The van der Waals surface area contributed by atoms with Crippen molar-refractivity contribution in [3.8, 4) is 0 Å². The summed E-state index contributed by atoms with van der Waals surface area (Å²) in [5.41, 5.74) is 2.28. The predicted octanol–water partition coefficient (Wildman–Crippen LogP) is 3.15. The number of allylic oxidation sites excluding steroid dienone is 4. The van der Waals surface area contributed by atoms with E-state index in [2.05, 4.69) is 31.3 Å². The van der Waals surface area contributed by atoms with E-state index in [1.165, 1.54) is 5.57 Å². The Labute approximate surface area is 90.5 Å². The van der Waals surface area contributed by atoms with Crippen molar-refractivity contribution in [3.05, 3.63) is 35.6 Å². The third-order valence-corrected chi connectivity index (χ3v) is 2.81. The number of hydrogen-bond acceptors (Lipinski definition) is 0. The Morgan fingerprint density at radius 2 is 1.93 bits per heavy atom. The second kappa shape index (κ2) is 2.90. The van der Waals surface area contributed by atoms with Gasteiger partial charge in [0.25, 0.3) is 0 Å². The third kappa shape index (κ3) is 1.88. The van der Waals surface area contributed by atoms with Crippen LogP contribution in [0.2, 0.25) is 0 Å². The highest BCUT2D eigenvalue weighted by molar-refractivity contribution is 6.25. The molecule has 0 aromatic rings. The van der Waals surface area contributed by atoms with Gasteiger partial charge in [-0.25, -0.2) is 0 Å². The van der Waals surface area contributed by atoms with Crippen LogP contribution < -0.4 is 5.32 Å². The molecule has 0 N–H and O–H groups in total. The van der Waals surface area contributed by atoms with Gasteiger partial charge in [-0.3, -0.25) is 5.32 Å². The maximum Gasteiger partial charge on any atom is 0.0741 e. The number of rotatable bonds is 0. The average Bonchev–Trinajstić information content (AvgIpc) is 2.04. The Morgan fingerprint density at radius 3 is 2.64 bits per heavy atom. The first kappa shape index (κ1) is 9.85. The Morgan fingerprint density at radius 1 is 1.21 bits per heavy atom. The Kier molecular flexibility index (Phi) is 2.04. The van der Waals surface area contributed by atoms with Crippen molar-refractivity contribution in [2.24, 2.45) is 0 Å². The molecule has 0 aromatic heterocycles. The topological polar surface area (TPSA) is 14.1 Å². The van der Waals surface area contributed by atoms with Crippen LogP contribution in [0.15, 0.2) is 35.6 Å². The lowest BCUT2D eigenvalue weighted by Gasteiger charge is -2.32. The van der Waals surface area contributed by atoms with E-state index in [9.17, 15) is 0 Å². The van der Waals surface area contributed by atoms with Crippen LogP contribution in [0.5, 0.6) is 0 Å². The largest absolute Gasteiger partial charge is 0.275 e. The summed E-state index contributed by atoms with van der Waals surface area (Å²) in [6.45, 7) is 6.24. The molecule has 2 aliphatic rings. The molecule has 1 heterocycles. The molecule has 1 aliphatic carbocycles. The zero-order chi connectivity index (χ0) is 10.4. The quantitative estimate of drug-likeness (QED) is 0.543. The fraction of sp³-hybridized carbons (Fsp3) is 0.500. The van der Waals surface area contributed by atoms with Crippen molar-refractivity contribution in [1.82, 2.24) is 5.32 Å². The lowest BCUT2D eigenvalue weighted by atomic mass is 9.88. The second-order valence-corrected chi connectivity index (χ2v) is 5.66. The monoisotopic (exact) mass is 208 g/mol. The number of hydrogen-bond donors (Lipinski definition) is 0. The molecule has 0 amide bonds. The van der Waals surface area contributed by atoms with Crippen molar-refractivity contribution >= 4 is 11.6 Å². The standard InChI is InChI=1S/C12H15ClN/c1-11(2)6-4-9-8-12(3,13)7-5-10(9)14-11/h4-7H,8H2,1-3H3. The molecule has 14 heavy (non-hydrogen) atoms. The van der Waals surface area contributed by atoms with Gasteiger partial charge in [0.1, 0.15) is 0 Å². The molecular formula is C12H15ClN. The maximum absolute atomic E-state index is 6.27. The van der Waals surface area contributed by atoms with E-state index in [0.717, 1.165) is 12.1 Å². The first-order valence-corrected chi connectivity index (χ1v) is 5.29. The lowest BCUT2D eigenvalue weighted by Crippen LogP contribution is -2.34. The molecular weight excluding hydrogens is 194 g/mol. The molecule has 1 radical (unpaired) electrons. The number of halogens is 1. The highest BCUT2D eigenvalue weighted by Crippen LogP contribution is 2.35. The Balaban J connectivity index is 2.28. The van der Waals surface area contributed by atoms with E-state index >= 15 is 0 Å². The van der Waals surface area contributed by atoms with Gasteiger partial charge in [0.15, 0.2) is 0 Å². The molecule has 2 rings (SSSR count). The van der Waals surface area contributed by atoms with Gasteiger partial charge in [-0.05, 0) is 38.8 Å². The fourth-order valence-electron chi connectivity index (χ4n) is 1.79. The molecule has 1 unspecified atom stereocenters. The average molecular weight is 209 g/mol. The third-order valence-electron chi connectivity index (χ3n) is 2.55. The van der Waals surface area contributed by atoms with Crippen LogP contribution >= 0.6 is 11.6 Å². The van der Waals surface area contributed by atoms with Crippen molar-refractivity contribution in [3.63, 3.8) is 0 Å². The molecule has 0 fully saturated rings. The second-order valence-electron chi connectivity index (χ2n) is 4.80. The molecule has 75 valence electrons. The molecule has 0 aromatic carbocycles. The SMILES string of the molecule is CC1(Cl)C=CC2=C(C=CC(C)(C)[N]2)C1. The van der Waals surface area contributed by atoms with Crippen LogP contribution in [-0.4, -0.2) is 10.4 Å². The molecule has 1 aliphatic heterocycles. The summed E-state index contributed by atoms with van der Waals surface area (Å²) in [6.07, 6.45) is 9.24. The molecule has 0 saturated heterocycles. The minimum atomic E-state index is -0.236. The molecule has 0 bridgehead atoms. The van der Waals surface area contributed by atoms with E-state index in [4.69, 9.17) is 11.6 Å². The van der Waals surface area contributed by atoms with Gasteiger partial charge in [0, 0.05) is 0 Å². The fourth-order valence-corrected chi connectivity index (χ4v) is 1.99. The summed E-state index contributed by atoms with van der Waals surface area (Å²) < 4.78 is 0. The van der Waals surface area contributed by atoms with Crippen molar-refractivity contribution in [2.45, 2.75) is 37.6 Å². The summed E-state index contributed by atoms with van der Waals surface area (Å²) in [5, 5.41) is 4.65. The zero-order valence-corrected chi connectivity index (χ0v) is 9.60. The maximum atomic E-state index is 6.27.